The monoisotopic (exact) mass is 143 g/mol. The Morgan fingerprint density at radius 3 is 1.33 bits per heavy atom. The van der Waals surface area contributed by atoms with Gasteiger partial charge in [-0.15, -0.1) is 0 Å². The summed E-state index contributed by atoms with van der Waals surface area (Å²) in [5.74, 6) is -2.51. The van der Waals surface area contributed by atoms with Gasteiger partial charge in [0.1, 0.15) is 0 Å². The van der Waals surface area contributed by atoms with Crippen molar-refractivity contribution in [2.45, 2.75) is 0 Å². The van der Waals surface area contributed by atoms with E-state index in [4.69, 9.17) is 10.2 Å². The molecule has 4 nitrogen and oxygen atoms in total. The lowest BCUT2D eigenvalue weighted by Gasteiger charge is -1.74. The Balaban J connectivity index is 0. The average Bonchev–Trinajstić information content (AvgIpc) is 1.61. The van der Waals surface area contributed by atoms with Crippen LogP contribution in [0.15, 0.2) is 12.2 Å². The van der Waals surface area contributed by atoms with E-state index in [1.54, 1.807) is 0 Å². The molecule has 0 spiro atoms. The summed E-state index contributed by atoms with van der Waals surface area (Å²) in [4.78, 5) is 19.1. The standard InChI is InChI=1S/C4H4O4.Al/c5-3(6)1-2-4(7)8;/h1-2H,(H,5,6)(H,7,8);/b2-1+;. The second-order valence-corrected chi connectivity index (χ2v) is 1.01. The van der Waals surface area contributed by atoms with Crippen LogP contribution >= 0.6 is 0 Å². The van der Waals surface area contributed by atoms with Crippen molar-refractivity contribution >= 4 is 29.3 Å². The third kappa shape index (κ3) is 11.0. The molecule has 0 unspecified atom stereocenters. The van der Waals surface area contributed by atoms with Crippen LogP contribution < -0.4 is 0 Å². The summed E-state index contributed by atoms with van der Waals surface area (Å²) in [6.07, 6.45) is 1.12. The van der Waals surface area contributed by atoms with Crippen LogP contribution in [0.5, 0.6) is 0 Å². The Morgan fingerprint density at radius 2 is 1.22 bits per heavy atom. The van der Waals surface area contributed by atoms with E-state index in [0.29, 0.717) is 12.2 Å². The maximum absolute atomic E-state index is 9.55. The Kier molecular flexibility index (Phi) is 6.58. The van der Waals surface area contributed by atoms with Crippen molar-refractivity contribution in [3.8, 4) is 0 Å². The number of carboxylic acids is 2. The zero-order valence-corrected chi connectivity index (χ0v) is 5.60. The van der Waals surface area contributed by atoms with Crippen molar-refractivity contribution in [3.05, 3.63) is 12.2 Å². The average molecular weight is 143 g/mol. The number of carbonyl (C=O) groups is 2. The predicted octanol–water partition coefficient (Wildman–Crippen LogP) is -0.669. The lowest BCUT2D eigenvalue weighted by Crippen LogP contribution is -1.91. The molecule has 5 heteroatoms. The van der Waals surface area contributed by atoms with Gasteiger partial charge in [-0.1, -0.05) is 0 Å². The molecule has 9 heavy (non-hydrogen) atoms. The molecule has 0 aliphatic carbocycles. The molecule has 0 saturated carbocycles. The SMILES string of the molecule is O=C(O)/C=C/C(=O)O.[Al]. The second kappa shape index (κ2) is 5.35. The summed E-state index contributed by atoms with van der Waals surface area (Å²) in [6.45, 7) is 0. The zero-order valence-electron chi connectivity index (χ0n) is 4.44. The molecule has 0 amide bonds. The quantitative estimate of drug-likeness (QED) is 0.397. The van der Waals surface area contributed by atoms with Gasteiger partial charge in [-0.25, -0.2) is 9.59 Å². The van der Waals surface area contributed by atoms with Gasteiger partial charge in [0.05, 0.1) is 0 Å². The first-order valence-corrected chi connectivity index (χ1v) is 1.77. The highest BCUT2D eigenvalue weighted by Gasteiger charge is 1.88. The molecule has 3 radical (unpaired) electrons. The summed E-state index contributed by atoms with van der Waals surface area (Å²) in [5.41, 5.74) is 0. The summed E-state index contributed by atoms with van der Waals surface area (Å²) in [7, 11) is 0. The fourth-order valence-electron chi connectivity index (χ4n) is 0.143. The van der Waals surface area contributed by atoms with Gasteiger partial charge >= 0.3 is 11.9 Å². The van der Waals surface area contributed by atoms with Crippen LogP contribution in [-0.2, 0) is 9.59 Å². The number of rotatable bonds is 2. The number of hydrogen-bond donors (Lipinski definition) is 2. The maximum Gasteiger partial charge on any atom is 0.328 e. The lowest BCUT2D eigenvalue weighted by molar-refractivity contribution is -0.134. The van der Waals surface area contributed by atoms with Crippen LogP contribution in [0, 0.1) is 0 Å². The molecule has 0 aromatic rings. The molecule has 47 valence electrons. The Hall–Kier alpha value is -0.788. The first-order chi connectivity index (χ1) is 3.63. The summed E-state index contributed by atoms with van der Waals surface area (Å²) >= 11 is 0. The fourth-order valence-corrected chi connectivity index (χ4v) is 0.143. The van der Waals surface area contributed by atoms with Gasteiger partial charge in [0.2, 0.25) is 0 Å². The van der Waals surface area contributed by atoms with Crippen molar-refractivity contribution in [1.29, 1.82) is 0 Å². The van der Waals surface area contributed by atoms with E-state index in [0.717, 1.165) is 0 Å². The smallest absolute Gasteiger partial charge is 0.328 e. The molecule has 0 heterocycles. The molecule has 0 aliphatic heterocycles. The maximum atomic E-state index is 9.55. The Labute approximate surface area is 61.9 Å². The predicted molar refractivity (Wildman–Crippen MR) is 30.2 cm³/mol. The van der Waals surface area contributed by atoms with E-state index in [-0.39, 0.29) is 17.4 Å². The van der Waals surface area contributed by atoms with Gasteiger partial charge in [-0.3, -0.25) is 0 Å². The van der Waals surface area contributed by atoms with E-state index in [1.807, 2.05) is 0 Å². The van der Waals surface area contributed by atoms with Gasteiger partial charge in [0.15, 0.2) is 0 Å². The van der Waals surface area contributed by atoms with Crippen molar-refractivity contribution in [2.75, 3.05) is 0 Å². The van der Waals surface area contributed by atoms with Gasteiger partial charge < -0.3 is 10.2 Å². The molecule has 0 bridgehead atoms. The highest BCUT2D eigenvalue weighted by atomic mass is 27.0. The first kappa shape index (κ1) is 11.1. The first-order valence-electron chi connectivity index (χ1n) is 1.77. The lowest BCUT2D eigenvalue weighted by atomic mass is 10.5. The highest BCUT2D eigenvalue weighted by Crippen LogP contribution is 1.70. The van der Waals surface area contributed by atoms with Crippen LogP contribution in [0.4, 0.5) is 0 Å². The van der Waals surface area contributed by atoms with Crippen molar-refractivity contribution in [2.24, 2.45) is 0 Å². The van der Waals surface area contributed by atoms with Crippen LogP contribution in [0.25, 0.3) is 0 Å². The summed E-state index contributed by atoms with van der Waals surface area (Å²) < 4.78 is 0. The number of carboxylic acid groups (broad SMARTS) is 2. The molecular formula is C4H4AlO4. The van der Waals surface area contributed by atoms with Crippen LogP contribution in [0.1, 0.15) is 0 Å². The second-order valence-electron chi connectivity index (χ2n) is 1.01. The van der Waals surface area contributed by atoms with E-state index in [9.17, 15) is 9.59 Å². The Morgan fingerprint density at radius 1 is 1.00 bits per heavy atom. The molecular weight excluding hydrogens is 139 g/mol. The largest absolute Gasteiger partial charge is 0.478 e. The highest BCUT2D eigenvalue weighted by molar-refractivity contribution is 5.89. The van der Waals surface area contributed by atoms with Gasteiger partial charge in [0.25, 0.3) is 0 Å². The minimum absolute atomic E-state index is 0. The van der Waals surface area contributed by atoms with Crippen LogP contribution in [0.2, 0.25) is 0 Å². The molecule has 0 aliphatic rings. The third-order valence-corrected chi connectivity index (χ3v) is 0.368. The minimum atomic E-state index is -1.26. The third-order valence-electron chi connectivity index (χ3n) is 0.368. The minimum Gasteiger partial charge on any atom is -0.478 e. The fraction of sp³-hybridized carbons (Fsp3) is 0. The van der Waals surface area contributed by atoms with Gasteiger partial charge in [-0.05, 0) is 0 Å². The Bertz CT molecular complexity index is 124. The molecule has 0 fully saturated rings. The van der Waals surface area contributed by atoms with E-state index in [2.05, 4.69) is 0 Å². The van der Waals surface area contributed by atoms with Crippen LogP contribution in [0.3, 0.4) is 0 Å². The van der Waals surface area contributed by atoms with E-state index < -0.39 is 11.9 Å². The number of aliphatic carboxylic acids is 2. The van der Waals surface area contributed by atoms with Crippen molar-refractivity contribution in [3.63, 3.8) is 0 Å². The van der Waals surface area contributed by atoms with Crippen LogP contribution in [-0.4, -0.2) is 39.5 Å². The van der Waals surface area contributed by atoms with Gasteiger partial charge in [0, 0.05) is 29.5 Å². The molecule has 0 aromatic carbocycles. The molecule has 2 N–H and O–H groups in total. The van der Waals surface area contributed by atoms with Crippen molar-refractivity contribution < 1.29 is 19.8 Å². The number of hydrogen-bond acceptors (Lipinski definition) is 2. The molecule has 0 rings (SSSR count). The molecule has 0 aromatic heterocycles. The normalized spacial score (nSPS) is 8.44. The van der Waals surface area contributed by atoms with Crippen molar-refractivity contribution in [1.82, 2.24) is 0 Å². The molecule has 0 atom stereocenters. The summed E-state index contributed by atoms with van der Waals surface area (Å²) in [6, 6.07) is 0. The summed E-state index contributed by atoms with van der Waals surface area (Å²) in [5, 5.41) is 15.6. The van der Waals surface area contributed by atoms with E-state index >= 15 is 0 Å². The zero-order chi connectivity index (χ0) is 6.57. The van der Waals surface area contributed by atoms with E-state index in [1.165, 1.54) is 0 Å². The molecule has 0 saturated heterocycles. The topological polar surface area (TPSA) is 74.6 Å². The van der Waals surface area contributed by atoms with Gasteiger partial charge in [-0.2, -0.15) is 0 Å².